The summed E-state index contributed by atoms with van der Waals surface area (Å²) in [5.41, 5.74) is -0.330. The Bertz CT molecular complexity index is 1360. The topological polar surface area (TPSA) is 180 Å². The second-order valence-electron chi connectivity index (χ2n) is 13.2. The van der Waals surface area contributed by atoms with Crippen molar-refractivity contribution in [1.29, 1.82) is 0 Å². The van der Waals surface area contributed by atoms with E-state index in [2.05, 4.69) is 0 Å². The van der Waals surface area contributed by atoms with Gasteiger partial charge in [0.15, 0.2) is 9.84 Å². The molecule has 0 aromatic heterocycles. The molecule has 18 heteroatoms. The molecule has 0 aliphatic heterocycles. The van der Waals surface area contributed by atoms with E-state index in [4.69, 9.17) is 0 Å². The summed E-state index contributed by atoms with van der Waals surface area (Å²) < 4.78 is 114. The summed E-state index contributed by atoms with van der Waals surface area (Å²) in [6, 6.07) is 0. The molecule has 0 atom stereocenters. The quantitative estimate of drug-likeness (QED) is 0.297. The first-order valence-corrected chi connectivity index (χ1v) is 23.9. The van der Waals surface area contributed by atoms with Gasteiger partial charge < -0.3 is 0 Å². The van der Waals surface area contributed by atoms with Crippen molar-refractivity contribution in [3.63, 3.8) is 0 Å². The normalized spacial score (nSPS) is 13.2. The fraction of sp³-hybridized carbons (Fsp3) is 1.00. The minimum Gasteiger partial charge on any atom is -0.229 e. The third-order valence-corrected chi connectivity index (χ3v) is 17.8. The highest BCUT2D eigenvalue weighted by molar-refractivity contribution is 7.92. The molecule has 292 valence electrons. The molecule has 13 nitrogen and oxygen atoms in total. The van der Waals surface area contributed by atoms with Crippen LogP contribution in [0.2, 0.25) is 0 Å². The zero-order valence-electron chi connectivity index (χ0n) is 33.0. The lowest BCUT2D eigenvalue weighted by atomic mass is 10.1. The van der Waals surface area contributed by atoms with Gasteiger partial charge in [-0.3, -0.25) is 0 Å². The molecule has 0 amide bonds. The van der Waals surface area contributed by atoms with Crippen molar-refractivity contribution >= 4 is 49.7 Å². The molecular formula is C29H71N3O10S5. The van der Waals surface area contributed by atoms with Crippen LogP contribution in [-0.4, -0.2) is 133 Å². The molecule has 0 N–H and O–H groups in total. The van der Waals surface area contributed by atoms with E-state index < -0.39 is 49.7 Å². The van der Waals surface area contributed by atoms with E-state index in [0.717, 1.165) is 0 Å². The van der Waals surface area contributed by atoms with Gasteiger partial charge in [-0.25, -0.2) is 50.7 Å². The van der Waals surface area contributed by atoms with Crippen molar-refractivity contribution in [1.82, 2.24) is 12.9 Å². The number of rotatable bonds is 11. The molecule has 0 aromatic carbocycles. The van der Waals surface area contributed by atoms with Crippen LogP contribution in [0.3, 0.4) is 0 Å². The first kappa shape index (κ1) is 56.0. The zero-order valence-corrected chi connectivity index (χ0v) is 37.1. The Balaban J connectivity index is -0.000000158. The summed E-state index contributed by atoms with van der Waals surface area (Å²) in [5, 5.41) is -1.41. The Kier molecular flexibility index (Phi) is 27.6. The van der Waals surface area contributed by atoms with Gasteiger partial charge in [-0.05, 0) is 90.0 Å². The summed E-state index contributed by atoms with van der Waals surface area (Å²) in [5.74, 6) is 0.255. The minimum absolute atomic E-state index is 0.215. The Hall–Kier alpha value is -0.370. The molecule has 0 spiro atoms. The minimum atomic E-state index is -3.10. The average molecular weight is 782 g/mol. The smallest absolute Gasteiger partial charge is 0.216 e. The maximum Gasteiger partial charge on any atom is 0.216 e. The number of hydrogen-bond acceptors (Lipinski definition) is 10. The van der Waals surface area contributed by atoms with E-state index in [-0.39, 0.29) is 37.5 Å². The molecule has 0 fully saturated rings. The van der Waals surface area contributed by atoms with E-state index in [1.54, 1.807) is 83.2 Å². The Morgan fingerprint density at radius 1 is 0.489 bits per heavy atom. The maximum atomic E-state index is 11.6. The number of sulfone groups is 2. The molecule has 0 unspecified atom stereocenters. The third kappa shape index (κ3) is 23.6. The van der Waals surface area contributed by atoms with Crippen LogP contribution >= 0.6 is 0 Å². The lowest BCUT2D eigenvalue weighted by molar-refractivity contribution is 0.289. The number of sulfonamides is 3. The first-order valence-electron chi connectivity index (χ1n) is 15.7. The summed E-state index contributed by atoms with van der Waals surface area (Å²) >= 11 is 0. The molecule has 0 saturated carbocycles. The van der Waals surface area contributed by atoms with Crippen LogP contribution in [0.1, 0.15) is 111 Å². The van der Waals surface area contributed by atoms with Crippen LogP contribution < -0.4 is 0 Å². The summed E-state index contributed by atoms with van der Waals surface area (Å²) in [6.45, 7) is 29.0. The SMILES string of the molecule is CC(C)S(=O)(=O)N(C)C.CC(C)S(=O)(=O)N(C)C(C)(C)C.CC(C)S(C)(=O)=O.CCN(CC)S(=O)(=O)C(C)C.CCS(=O)(=O)C(C)C. The van der Waals surface area contributed by atoms with Crippen molar-refractivity contribution in [3.05, 3.63) is 0 Å². The fourth-order valence-electron chi connectivity index (χ4n) is 2.33. The van der Waals surface area contributed by atoms with E-state index in [1.807, 2.05) is 34.6 Å². The molecule has 0 aromatic rings. The van der Waals surface area contributed by atoms with Gasteiger partial charge >= 0.3 is 0 Å². The van der Waals surface area contributed by atoms with Crippen LogP contribution in [0.15, 0.2) is 0 Å². The van der Waals surface area contributed by atoms with Gasteiger partial charge in [-0.1, -0.05) is 20.8 Å². The summed E-state index contributed by atoms with van der Waals surface area (Å²) in [6.07, 6.45) is 1.23. The predicted molar refractivity (Wildman–Crippen MR) is 201 cm³/mol. The highest BCUT2D eigenvalue weighted by atomic mass is 32.2. The molecule has 0 aliphatic carbocycles. The van der Waals surface area contributed by atoms with Crippen molar-refractivity contribution < 1.29 is 42.1 Å². The van der Waals surface area contributed by atoms with Crippen LogP contribution in [0.25, 0.3) is 0 Å². The van der Waals surface area contributed by atoms with E-state index in [1.165, 1.54) is 33.3 Å². The Labute approximate surface area is 292 Å². The van der Waals surface area contributed by atoms with Gasteiger partial charge in [0, 0.05) is 51.8 Å². The van der Waals surface area contributed by atoms with Crippen molar-refractivity contribution in [3.8, 4) is 0 Å². The average Bonchev–Trinajstić information content (AvgIpc) is 2.88. The second-order valence-corrected chi connectivity index (χ2v) is 26.3. The lowest BCUT2D eigenvalue weighted by Gasteiger charge is -2.32. The molecule has 0 radical (unpaired) electrons. The number of hydrogen-bond donors (Lipinski definition) is 0. The van der Waals surface area contributed by atoms with Gasteiger partial charge in [-0.2, -0.15) is 4.31 Å². The van der Waals surface area contributed by atoms with Crippen LogP contribution in [0.5, 0.6) is 0 Å². The number of nitrogens with zero attached hydrogens (tertiary/aromatic N) is 3. The summed E-state index contributed by atoms with van der Waals surface area (Å²) in [7, 11) is -9.87. The van der Waals surface area contributed by atoms with Crippen molar-refractivity contribution in [2.75, 3.05) is 46.2 Å². The van der Waals surface area contributed by atoms with Crippen molar-refractivity contribution in [2.24, 2.45) is 0 Å². The lowest BCUT2D eigenvalue weighted by Crippen LogP contribution is -2.45. The molecular weight excluding hydrogens is 711 g/mol. The van der Waals surface area contributed by atoms with Gasteiger partial charge in [0.25, 0.3) is 0 Å². The standard InChI is InChI=1S/C8H19NO2S.C7H17NO2S.C5H13NO2S.C5H12O2S.C4H10O2S/c1-7(2)12(10,11)9(6)8(3,4)5;1-5-8(6-2)11(9,10)7(3)4;1-5(2)9(7,8)6(3)4;1-4-8(6,7)5(2)3;1-4(2)7(3,5)6/h7H,1-6H3;7H,5-6H2,1-4H3;5H,1-4H3;5H,4H2,1-3H3;4H,1-3H3. The molecule has 0 bridgehead atoms. The zero-order chi connectivity index (χ0) is 39.7. The van der Waals surface area contributed by atoms with Crippen LogP contribution in [0.4, 0.5) is 0 Å². The second kappa shape index (κ2) is 23.2. The van der Waals surface area contributed by atoms with E-state index >= 15 is 0 Å². The molecule has 0 rings (SSSR count). The van der Waals surface area contributed by atoms with E-state index in [9.17, 15) is 42.1 Å². The highest BCUT2D eigenvalue weighted by Crippen LogP contribution is 2.18. The molecule has 47 heavy (non-hydrogen) atoms. The van der Waals surface area contributed by atoms with Crippen LogP contribution in [-0.2, 0) is 49.7 Å². The Morgan fingerprint density at radius 3 is 0.809 bits per heavy atom. The van der Waals surface area contributed by atoms with Crippen LogP contribution in [0, 0.1) is 0 Å². The van der Waals surface area contributed by atoms with E-state index in [0.29, 0.717) is 13.1 Å². The first-order chi connectivity index (χ1) is 20.4. The maximum absolute atomic E-state index is 11.6. The van der Waals surface area contributed by atoms with Crippen molar-refractivity contribution in [2.45, 2.75) is 143 Å². The largest absolute Gasteiger partial charge is 0.229 e. The Morgan fingerprint density at radius 2 is 0.766 bits per heavy atom. The molecule has 0 saturated heterocycles. The summed E-state index contributed by atoms with van der Waals surface area (Å²) in [4.78, 5) is 0. The monoisotopic (exact) mass is 781 g/mol. The highest BCUT2D eigenvalue weighted by Gasteiger charge is 2.30. The third-order valence-electron chi connectivity index (χ3n) is 6.66. The molecule has 0 heterocycles. The van der Waals surface area contributed by atoms with Gasteiger partial charge in [0.05, 0.1) is 26.2 Å². The predicted octanol–water partition coefficient (Wildman–Crippen LogP) is 4.08. The van der Waals surface area contributed by atoms with Gasteiger partial charge in [0.1, 0.15) is 9.84 Å². The molecule has 0 aliphatic rings. The van der Waals surface area contributed by atoms with Gasteiger partial charge in [-0.15, -0.1) is 0 Å². The fourth-order valence-corrected chi connectivity index (χ4v) is 6.56. The van der Waals surface area contributed by atoms with Gasteiger partial charge in [0.2, 0.25) is 30.1 Å².